The molecule has 1 aliphatic rings. The molecule has 2 N–H and O–H groups in total. The van der Waals surface area contributed by atoms with Crippen molar-refractivity contribution in [1.82, 2.24) is 0 Å². The molecular formula is C14H20ClNO. The quantitative estimate of drug-likeness (QED) is 0.894. The molecule has 3 unspecified atom stereocenters. The standard InChI is InChI=1S/C14H20ClNO/c1-4-14(3)12(16)8-13(14)17-11-6-5-10(15)7-9(11)2/h5-7,12-13H,4,8,16H2,1-3H3. The molecule has 1 aromatic carbocycles. The second kappa shape index (κ2) is 4.51. The predicted molar refractivity (Wildman–Crippen MR) is 71.6 cm³/mol. The van der Waals surface area contributed by atoms with Crippen molar-refractivity contribution in [3.8, 4) is 5.75 Å². The van der Waals surface area contributed by atoms with Gasteiger partial charge >= 0.3 is 0 Å². The number of hydrogen-bond donors (Lipinski definition) is 1. The summed E-state index contributed by atoms with van der Waals surface area (Å²) in [7, 11) is 0. The Morgan fingerprint density at radius 3 is 2.76 bits per heavy atom. The van der Waals surface area contributed by atoms with E-state index in [4.69, 9.17) is 22.1 Å². The maximum Gasteiger partial charge on any atom is 0.122 e. The van der Waals surface area contributed by atoms with Crippen molar-refractivity contribution >= 4 is 11.6 Å². The van der Waals surface area contributed by atoms with E-state index in [-0.39, 0.29) is 17.6 Å². The Labute approximate surface area is 108 Å². The first-order chi connectivity index (χ1) is 7.97. The van der Waals surface area contributed by atoms with E-state index in [1.54, 1.807) is 0 Å². The van der Waals surface area contributed by atoms with Gasteiger partial charge in [0.1, 0.15) is 11.9 Å². The Bertz CT molecular complexity index is 421. The molecule has 0 bridgehead atoms. The zero-order valence-corrected chi connectivity index (χ0v) is 11.4. The fraction of sp³-hybridized carbons (Fsp3) is 0.571. The molecular weight excluding hydrogens is 234 g/mol. The van der Waals surface area contributed by atoms with Crippen LogP contribution in [0.1, 0.15) is 32.3 Å². The third kappa shape index (κ3) is 2.16. The molecule has 0 heterocycles. The molecule has 0 radical (unpaired) electrons. The molecule has 17 heavy (non-hydrogen) atoms. The lowest BCUT2D eigenvalue weighted by Crippen LogP contribution is -2.61. The highest BCUT2D eigenvalue weighted by Gasteiger charge is 2.50. The third-order valence-electron chi connectivity index (χ3n) is 4.22. The van der Waals surface area contributed by atoms with Gasteiger partial charge in [0.05, 0.1) is 0 Å². The van der Waals surface area contributed by atoms with Crippen LogP contribution in [-0.2, 0) is 0 Å². The summed E-state index contributed by atoms with van der Waals surface area (Å²) in [5.74, 6) is 0.922. The smallest absolute Gasteiger partial charge is 0.122 e. The SMILES string of the molecule is CCC1(C)C(N)CC1Oc1ccc(Cl)cc1C. The molecule has 1 aromatic rings. The number of nitrogens with two attached hydrogens (primary N) is 1. The summed E-state index contributed by atoms with van der Waals surface area (Å²) in [5, 5.41) is 0.749. The molecule has 0 aromatic heterocycles. The molecule has 1 saturated carbocycles. The summed E-state index contributed by atoms with van der Waals surface area (Å²) in [4.78, 5) is 0. The lowest BCUT2D eigenvalue weighted by atomic mass is 9.62. The van der Waals surface area contributed by atoms with Gasteiger partial charge in [-0.1, -0.05) is 25.4 Å². The fourth-order valence-corrected chi connectivity index (χ4v) is 2.64. The first-order valence-electron chi connectivity index (χ1n) is 6.15. The van der Waals surface area contributed by atoms with Crippen LogP contribution >= 0.6 is 11.6 Å². The van der Waals surface area contributed by atoms with Gasteiger partial charge in [-0.2, -0.15) is 0 Å². The van der Waals surface area contributed by atoms with Gasteiger partial charge in [-0.25, -0.2) is 0 Å². The summed E-state index contributed by atoms with van der Waals surface area (Å²) in [5.41, 5.74) is 7.26. The number of benzene rings is 1. The Morgan fingerprint density at radius 2 is 2.24 bits per heavy atom. The van der Waals surface area contributed by atoms with E-state index in [0.717, 1.165) is 29.2 Å². The molecule has 0 spiro atoms. The van der Waals surface area contributed by atoms with Crippen LogP contribution in [0, 0.1) is 12.3 Å². The Kier molecular flexibility index (Phi) is 3.37. The van der Waals surface area contributed by atoms with Gasteiger partial charge in [-0.3, -0.25) is 0 Å². The number of ether oxygens (including phenoxy) is 1. The second-order valence-corrected chi connectivity index (χ2v) is 5.65. The van der Waals surface area contributed by atoms with Gasteiger partial charge in [0, 0.05) is 22.9 Å². The van der Waals surface area contributed by atoms with Gasteiger partial charge in [-0.05, 0) is 37.1 Å². The monoisotopic (exact) mass is 253 g/mol. The van der Waals surface area contributed by atoms with Crippen LogP contribution in [0.5, 0.6) is 5.75 Å². The van der Waals surface area contributed by atoms with Crippen molar-refractivity contribution in [2.75, 3.05) is 0 Å². The van der Waals surface area contributed by atoms with Crippen molar-refractivity contribution in [3.05, 3.63) is 28.8 Å². The van der Waals surface area contributed by atoms with Crippen molar-refractivity contribution in [3.63, 3.8) is 0 Å². The maximum atomic E-state index is 6.07. The Balaban J connectivity index is 2.12. The zero-order chi connectivity index (χ0) is 12.6. The average Bonchev–Trinajstić information content (AvgIpc) is 2.30. The lowest BCUT2D eigenvalue weighted by molar-refractivity contribution is -0.0563. The zero-order valence-electron chi connectivity index (χ0n) is 10.7. The Morgan fingerprint density at radius 1 is 1.53 bits per heavy atom. The summed E-state index contributed by atoms with van der Waals surface area (Å²) in [6.07, 6.45) is 2.21. The topological polar surface area (TPSA) is 35.2 Å². The first-order valence-corrected chi connectivity index (χ1v) is 6.53. The number of halogens is 1. The second-order valence-electron chi connectivity index (χ2n) is 5.22. The normalized spacial score (nSPS) is 32.1. The van der Waals surface area contributed by atoms with Crippen LogP contribution in [0.2, 0.25) is 5.02 Å². The van der Waals surface area contributed by atoms with E-state index in [1.165, 1.54) is 0 Å². The highest BCUT2D eigenvalue weighted by Crippen LogP contribution is 2.45. The van der Waals surface area contributed by atoms with Gasteiger partial charge in [0.15, 0.2) is 0 Å². The minimum Gasteiger partial charge on any atom is -0.489 e. The number of rotatable bonds is 3. The molecule has 3 heteroatoms. The molecule has 0 aliphatic heterocycles. The summed E-state index contributed by atoms with van der Waals surface area (Å²) < 4.78 is 6.07. The molecule has 2 nitrogen and oxygen atoms in total. The molecule has 1 aliphatic carbocycles. The van der Waals surface area contributed by atoms with E-state index >= 15 is 0 Å². The number of hydrogen-bond acceptors (Lipinski definition) is 2. The van der Waals surface area contributed by atoms with Crippen LogP contribution in [0.15, 0.2) is 18.2 Å². The summed E-state index contributed by atoms with van der Waals surface area (Å²) >= 11 is 5.93. The highest BCUT2D eigenvalue weighted by atomic mass is 35.5. The maximum absolute atomic E-state index is 6.07. The average molecular weight is 254 g/mol. The van der Waals surface area contributed by atoms with Crippen LogP contribution in [-0.4, -0.2) is 12.1 Å². The van der Waals surface area contributed by atoms with Crippen LogP contribution in [0.3, 0.4) is 0 Å². The molecule has 0 saturated heterocycles. The van der Waals surface area contributed by atoms with Crippen LogP contribution in [0.25, 0.3) is 0 Å². The first kappa shape index (κ1) is 12.7. The molecule has 94 valence electrons. The van der Waals surface area contributed by atoms with E-state index < -0.39 is 0 Å². The van der Waals surface area contributed by atoms with E-state index in [2.05, 4.69) is 13.8 Å². The molecule has 1 fully saturated rings. The van der Waals surface area contributed by atoms with Crippen LogP contribution < -0.4 is 10.5 Å². The summed E-state index contributed by atoms with van der Waals surface area (Å²) in [6, 6.07) is 5.99. The predicted octanol–water partition coefficient (Wildman–Crippen LogP) is 3.54. The highest BCUT2D eigenvalue weighted by molar-refractivity contribution is 6.30. The number of aryl methyl sites for hydroxylation is 1. The minimum absolute atomic E-state index is 0.103. The van der Waals surface area contributed by atoms with Gasteiger partial charge in [-0.15, -0.1) is 0 Å². The Hall–Kier alpha value is -0.730. The lowest BCUT2D eigenvalue weighted by Gasteiger charge is -2.51. The molecule has 0 amide bonds. The molecule has 3 atom stereocenters. The van der Waals surface area contributed by atoms with Crippen molar-refractivity contribution in [1.29, 1.82) is 0 Å². The van der Waals surface area contributed by atoms with E-state index in [0.29, 0.717) is 0 Å². The summed E-state index contributed by atoms with van der Waals surface area (Å²) in [6.45, 7) is 6.39. The largest absolute Gasteiger partial charge is 0.489 e. The minimum atomic E-state index is 0.103. The van der Waals surface area contributed by atoms with Crippen molar-refractivity contribution in [2.24, 2.45) is 11.1 Å². The molecule has 2 rings (SSSR count). The van der Waals surface area contributed by atoms with Crippen molar-refractivity contribution in [2.45, 2.75) is 45.8 Å². The fourth-order valence-electron chi connectivity index (χ4n) is 2.42. The van der Waals surface area contributed by atoms with Gasteiger partial charge < -0.3 is 10.5 Å². The van der Waals surface area contributed by atoms with Crippen LogP contribution in [0.4, 0.5) is 0 Å². The van der Waals surface area contributed by atoms with Crippen molar-refractivity contribution < 1.29 is 4.74 Å². The third-order valence-corrected chi connectivity index (χ3v) is 4.45. The van der Waals surface area contributed by atoms with Gasteiger partial charge in [0.2, 0.25) is 0 Å². The van der Waals surface area contributed by atoms with Gasteiger partial charge in [0.25, 0.3) is 0 Å². The van der Waals surface area contributed by atoms with E-state index in [9.17, 15) is 0 Å². The van der Waals surface area contributed by atoms with E-state index in [1.807, 2.05) is 25.1 Å².